The standard InChI is InChI=1S/C23H30N2O5S/c1-6-25(7-2)22(27)20-15(5)19(23(28)30-9-4)21(31-20)24-18(26)14-16-10-12-17(13-11-16)29-8-3/h10-13H,6-9,14H2,1-5H3,(H,24,26). The maximum absolute atomic E-state index is 12.9. The predicted molar refractivity (Wildman–Crippen MR) is 122 cm³/mol. The van der Waals surface area contributed by atoms with Crippen LogP contribution in [-0.2, 0) is 16.0 Å². The number of benzene rings is 1. The summed E-state index contributed by atoms with van der Waals surface area (Å²) in [6, 6.07) is 7.27. The van der Waals surface area contributed by atoms with Crippen molar-refractivity contribution in [2.24, 2.45) is 0 Å². The SMILES string of the molecule is CCOC(=O)c1c(NC(=O)Cc2ccc(OCC)cc2)sc(C(=O)N(CC)CC)c1C. The van der Waals surface area contributed by atoms with E-state index in [-0.39, 0.29) is 30.4 Å². The van der Waals surface area contributed by atoms with E-state index >= 15 is 0 Å². The fraction of sp³-hybridized carbons (Fsp3) is 0.435. The summed E-state index contributed by atoms with van der Waals surface area (Å²) in [5, 5.41) is 3.14. The Labute approximate surface area is 187 Å². The average molecular weight is 447 g/mol. The molecule has 1 heterocycles. The van der Waals surface area contributed by atoms with Gasteiger partial charge in [-0.1, -0.05) is 12.1 Å². The lowest BCUT2D eigenvalue weighted by Gasteiger charge is -2.18. The zero-order chi connectivity index (χ0) is 23.0. The van der Waals surface area contributed by atoms with Crippen molar-refractivity contribution < 1.29 is 23.9 Å². The maximum atomic E-state index is 12.9. The highest BCUT2D eigenvalue weighted by Gasteiger charge is 2.28. The monoisotopic (exact) mass is 446 g/mol. The molecule has 0 unspecified atom stereocenters. The van der Waals surface area contributed by atoms with Crippen molar-refractivity contribution in [2.45, 2.75) is 41.0 Å². The van der Waals surface area contributed by atoms with Gasteiger partial charge in [0.1, 0.15) is 10.8 Å². The second kappa shape index (κ2) is 11.5. The number of amides is 2. The number of esters is 1. The highest BCUT2D eigenvalue weighted by Crippen LogP contribution is 2.34. The Morgan fingerprint density at radius 2 is 1.65 bits per heavy atom. The second-order valence-corrected chi connectivity index (χ2v) is 7.78. The van der Waals surface area contributed by atoms with Crippen LogP contribution in [-0.4, -0.2) is 49.0 Å². The fourth-order valence-electron chi connectivity index (χ4n) is 3.14. The van der Waals surface area contributed by atoms with Gasteiger partial charge in [0.05, 0.1) is 30.1 Å². The summed E-state index contributed by atoms with van der Waals surface area (Å²) < 4.78 is 10.6. The molecule has 2 amide bonds. The normalized spacial score (nSPS) is 10.5. The smallest absolute Gasteiger partial charge is 0.341 e. The maximum Gasteiger partial charge on any atom is 0.341 e. The quantitative estimate of drug-likeness (QED) is 0.550. The van der Waals surface area contributed by atoms with Crippen molar-refractivity contribution in [1.29, 1.82) is 0 Å². The number of nitrogens with one attached hydrogen (secondary N) is 1. The van der Waals surface area contributed by atoms with Crippen LogP contribution in [0.1, 0.15) is 58.9 Å². The zero-order valence-electron chi connectivity index (χ0n) is 18.7. The number of nitrogens with zero attached hydrogens (tertiary/aromatic N) is 1. The van der Waals surface area contributed by atoms with Gasteiger partial charge in [-0.2, -0.15) is 0 Å². The van der Waals surface area contributed by atoms with Gasteiger partial charge in [-0.25, -0.2) is 4.79 Å². The van der Waals surface area contributed by atoms with Crippen LogP contribution < -0.4 is 10.1 Å². The Hall–Kier alpha value is -2.87. The third-order valence-corrected chi connectivity index (χ3v) is 5.92. The summed E-state index contributed by atoms with van der Waals surface area (Å²) in [5.41, 5.74) is 1.57. The van der Waals surface area contributed by atoms with Gasteiger partial charge in [-0.05, 0) is 57.9 Å². The molecule has 1 aromatic carbocycles. The number of carbonyl (C=O) groups is 3. The molecule has 2 aromatic rings. The molecule has 0 aliphatic carbocycles. The Kier molecular flexibility index (Phi) is 9.05. The van der Waals surface area contributed by atoms with Gasteiger partial charge in [0.2, 0.25) is 5.91 Å². The number of anilines is 1. The molecular formula is C23H30N2O5S. The van der Waals surface area contributed by atoms with Gasteiger partial charge < -0.3 is 19.7 Å². The third kappa shape index (κ3) is 6.07. The van der Waals surface area contributed by atoms with Gasteiger partial charge in [-0.15, -0.1) is 11.3 Å². The summed E-state index contributed by atoms with van der Waals surface area (Å²) in [5.74, 6) is -0.251. The van der Waals surface area contributed by atoms with E-state index in [1.807, 2.05) is 45.0 Å². The van der Waals surface area contributed by atoms with Gasteiger partial charge >= 0.3 is 5.97 Å². The topological polar surface area (TPSA) is 84.9 Å². The lowest BCUT2D eigenvalue weighted by molar-refractivity contribution is -0.115. The van der Waals surface area contributed by atoms with Crippen molar-refractivity contribution in [1.82, 2.24) is 4.90 Å². The first-order valence-electron chi connectivity index (χ1n) is 10.5. The van der Waals surface area contributed by atoms with Crippen molar-refractivity contribution in [3.05, 3.63) is 45.8 Å². The van der Waals surface area contributed by atoms with Gasteiger partial charge in [0.25, 0.3) is 5.91 Å². The summed E-state index contributed by atoms with van der Waals surface area (Å²) in [6.07, 6.45) is 0.130. The summed E-state index contributed by atoms with van der Waals surface area (Å²) in [7, 11) is 0. The van der Waals surface area contributed by atoms with Crippen LogP contribution in [0, 0.1) is 6.92 Å². The van der Waals surface area contributed by atoms with Crippen LogP contribution in [0.15, 0.2) is 24.3 Å². The van der Waals surface area contributed by atoms with E-state index in [9.17, 15) is 14.4 Å². The lowest BCUT2D eigenvalue weighted by Crippen LogP contribution is -2.30. The Balaban J connectivity index is 2.28. The number of rotatable bonds is 10. The number of hydrogen-bond acceptors (Lipinski definition) is 6. The van der Waals surface area contributed by atoms with Crippen LogP contribution in [0.25, 0.3) is 0 Å². The minimum Gasteiger partial charge on any atom is -0.494 e. The van der Waals surface area contributed by atoms with E-state index in [4.69, 9.17) is 9.47 Å². The third-order valence-electron chi connectivity index (χ3n) is 4.72. The molecular weight excluding hydrogens is 416 g/mol. The Bertz CT molecular complexity index is 917. The van der Waals surface area contributed by atoms with E-state index in [1.165, 1.54) is 0 Å². The minimum atomic E-state index is -0.550. The molecule has 1 N–H and O–H groups in total. The average Bonchev–Trinajstić information content (AvgIpc) is 3.06. The van der Waals surface area contributed by atoms with E-state index in [0.29, 0.717) is 35.1 Å². The Morgan fingerprint density at radius 3 is 2.19 bits per heavy atom. The van der Waals surface area contributed by atoms with Crippen LogP contribution in [0.5, 0.6) is 5.75 Å². The molecule has 7 nitrogen and oxygen atoms in total. The van der Waals surface area contributed by atoms with E-state index in [1.54, 1.807) is 18.7 Å². The predicted octanol–water partition coefficient (Wildman–Crippen LogP) is 4.30. The molecule has 1 aromatic heterocycles. The van der Waals surface area contributed by atoms with Gasteiger partial charge in [-0.3, -0.25) is 9.59 Å². The summed E-state index contributed by atoms with van der Waals surface area (Å²) in [4.78, 5) is 40.3. The van der Waals surface area contributed by atoms with Crippen molar-refractivity contribution in [3.8, 4) is 5.75 Å². The molecule has 168 valence electrons. The van der Waals surface area contributed by atoms with Gasteiger partial charge in [0, 0.05) is 13.1 Å². The first-order chi connectivity index (χ1) is 14.9. The van der Waals surface area contributed by atoms with E-state index in [2.05, 4.69) is 5.32 Å². The number of carbonyl (C=O) groups excluding carboxylic acids is 3. The zero-order valence-corrected chi connectivity index (χ0v) is 19.6. The van der Waals surface area contributed by atoms with Crippen LogP contribution >= 0.6 is 11.3 Å². The van der Waals surface area contributed by atoms with Crippen LogP contribution in [0.4, 0.5) is 5.00 Å². The molecule has 0 saturated carbocycles. The van der Waals surface area contributed by atoms with Crippen LogP contribution in [0.3, 0.4) is 0 Å². The second-order valence-electron chi connectivity index (χ2n) is 6.76. The summed E-state index contributed by atoms with van der Waals surface area (Å²) >= 11 is 1.11. The molecule has 0 radical (unpaired) electrons. The van der Waals surface area contributed by atoms with E-state index < -0.39 is 5.97 Å². The molecule has 0 saturated heterocycles. The largest absolute Gasteiger partial charge is 0.494 e. The molecule has 0 aliphatic heterocycles. The first-order valence-corrected chi connectivity index (χ1v) is 11.3. The van der Waals surface area contributed by atoms with Gasteiger partial charge in [0.15, 0.2) is 0 Å². The molecule has 2 rings (SSSR count). The lowest BCUT2D eigenvalue weighted by atomic mass is 10.1. The number of ether oxygens (including phenoxy) is 2. The molecule has 0 fully saturated rings. The molecule has 0 atom stereocenters. The highest BCUT2D eigenvalue weighted by molar-refractivity contribution is 7.18. The molecule has 0 spiro atoms. The minimum absolute atomic E-state index is 0.130. The van der Waals surface area contributed by atoms with Crippen molar-refractivity contribution >= 4 is 34.1 Å². The number of thiophene rings is 1. The molecule has 0 bridgehead atoms. The summed E-state index contributed by atoms with van der Waals surface area (Å²) in [6.45, 7) is 11.0. The fourth-order valence-corrected chi connectivity index (χ4v) is 4.31. The Morgan fingerprint density at radius 1 is 1.00 bits per heavy atom. The molecule has 31 heavy (non-hydrogen) atoms. The van der Waals surface area contributed by atoms with E-state index in [0.717, 1.165) is 22.6 Å². The van der Waals surface area contributed by atoms with Crippen LogP contribution in [0.2, 0.25) is 0 Å². The van der Waals surface area contributed by atoms with Crippen molar-refractivity contribution in [2.75, 3.05) is 31.6 Å². The highest BCUT2D eigenvalue weighted by atomic mass is 32.1. The van der Waals surface area contributed by atoms with Crippen molar-refractivity contribution in [3.63, 3.8) is 0 Å². The first kappa shape index (κ1) is 24.4. The molecule has 0 aliphatic rings. The number of hydrogen-bond donors (Lipinski definition) is 1. The molecule has 8 heteroatoms.